The third kappa shape index (κ3) is 3.81. The summed E-state index contributed by atoms with van der Waals surface area (Å²) in [4.78, 5) is 44.1. The Labute approximate surface area is 200 Å². The van der Waals surface area contributed by atoms with Crippen LogP contribution in [0.3, 0.4) is 0 Å². The molecular weight excluding hydrogens is 434 g/mol. The highest BCUT2D eigenvalue weighted by Crippen LogP contribution is 2.41. The molecule has 1 atom stereocenters. The van der Waals surface area contributed by atoms with Crippen LogP contribution in [-0.2, 0) is 22.4 Å². The van der Waals surface area contributed by atoms with E-state index >= 15 is 0 Å². The van der Waals surface area contributed by atoms with Gasteiger partial charge in [-0.15, -0.1) is 0 Å². The predicted molar refractivity (Wildman–Crippen MR) is 127 cm³/mol. The Morgan fingerprint density at radius 1 is 0.941 bits per heavy atom. The fourth-order valence-electron chi connectivity index (χ4n) is 5.18. The van der Waals surface area contributed by atoms with Gasteiger partial charge in [0.1, 0.15) is 5.41 Å². The van der Waals surface area contributed by atoms with E-state index in [9.17, 15) is 14.4 Å². The van der Waals surface area contributed by atoms with Crippen molar-refractivity contribution in [3.8, 4) is 11.5 Å². The third-order valence-corrected chi connectivity index (χ3v) is 7.14. The van der Waals surface area contributed by atoms with Crippen LogP contribution in [0, 0.1) is 5.41 Å². The van der Waals surface area contributed by atoms with E-state index in [-0.39, 0.29) is 19.0 Å². The van der Waals surface area contributed by atoms with E-state index in [0.717, 1.165) is 32.9 Å². The third-order valence-electron chi connectivity index (χ3n) is 7.14. The van der Waals surface area contributed by atoms with Gasteiger partial charge < -0.3 is 9.47 Å². The van der Waals surface area contributed by atoms with E-state index in [1.807, 2.05) is 42.5 Å². The molecule has 0 aromatic heterocycles. The van der Waals surface area contributed by atoms with Crippen LogP contribution in [0.1, 0.15) is 29.7 Å². The lowest BCUT2D eigenvalue weighted by atomic mass is 9.76. The van der Waals surface area contributed by atoms with E-state index in [1.54, 1.807) is 14.2 Å². The first-order valence-electron chi connectivity index (χ1n) is 11.4. The molecule has 1 fully saturated rings. The number of rotatable bonds is 6. The highest BCUT2D eigenvalue weighted by Gasteiger charge is 2.56. The van der Waals surface area contributed by atoms with Crippen molar-refractivity contribution < 1.29 is 23.9 Å². The maximum atomic E-state index is 13.6. The number of ether oxygens (including phenoxy) is 2. The van der Waals surface area contributed by atoms with Crippen LogP contribution < -0.4 is 9.47 Å². The number of benzene rings is 2. The molecule has 8 nitrogen and oxygen atoms in total. The molecule has 1 saturated heterocycles. The largest absolute Gasteiger partial charge is 0.493 e. The minimum Gasteiger partial charge on any atom is -0.493 e. The van der Waals surface area contributed by atoms with Crippen molar-refractivity contribution in [2.24, 2.45) is 5.41 Å². The number of hydrogen-bond donors (Lipinski definition) is 0. The second-order valence-corrected chi connectivity index (χ2v) is 9.06. The molecule has 2 aromatic rings. The van der Waals surface area contributed by atoms with Gasteiger partial charge in [0.15, 0.2) is 11.5 Å². The quantitative estimate of drug-likeness (QED) is 0.611. The van der Waals surface area contributed by atoms with E-state index in [0.29, 0.717) is 18.0 Å². The Morgan fingerprint density at radius 2 is 1.53 bits per heavy atom. The molecule has 2 aromatic carbocycles. The molecule has 180 valence electrons. The molecule has 4 rings (SSSR count). The standard InChI is InChI=1S/C26H31N3O5/c1-17-20-14-22(34-5)21(33-4)13-19(20)11-12-29(17)16-26(15-18-9-7-6-8-10-18)23(30)27(2)25(32)28(3)24(26)31/h6-10,13-14,17H,11-12,15-16H2,1-5H3. The second kappa shape index (κ2) is 9.10. The number of imide groups is 2. The first kappa shape index (κ1) is 23.8. The van der Waals surface area contributed by atoms with Crippen LogP contribution in [-0.4, -0.2) is 73.9 Å². The molecule has 0 spiro atoms. The topological polar surface area (TPSA) is 79.4 Å². The fraction of sp³-hybridized carbons (Fsp3) is 0.423. The van der Waals surface area contributed by atoms with Gasteiger partial charge in [-0.3, -0.25) is 24.3 Å². The van der Waals surface area contributed by atoms with Crippen molar-refractivity contribution in [1.82, 2.24) is 14.7 Å². The molecule has 2 aliphatic heterocycles. The summed E-state index contributed by atoms with van der Waals surface area (Å²) in [6.07, 6.45) is 0.962. The zero-order valence-electron chi connectivity index (χ0n) is 20.3. The Balaban J connectivity index is 1.74. The molecule has 0 bridgehead atoms. The van der Waals surface area contributed by atoms with E-state index in [2.05, 4.69) is 11.8 Å². The van der Waals surface area contributed by atoms with Gasteiger partial charge in [-0.05, 0) is 48.6 Å². The number of barbiturate groups is 1. The molecule has 0 radical (unpaired) electrons. The lowest BCUT2D eigenvalue weighted by Gasteiger charge is -2.46. The van der Waals surface area contributed by atoms with Crippen LogP contribution in [0.5, 0.6) is 11.5 Å². The molecule has 0 N–H and O–H groups in total. The lowest BCUT2D eigenvalue weighted by molar-refractivity contribution is -0.159. The van der Waals surface area contributed by atoms with Gasteiger partial charge in [0.25, 0.3) is 0 Å². The summed E-state index contributed by atoms with van der Waals surface area (Å²) < 4.78 is 11.0. The molecule has 34 heavy (non-hydrogen) atoms. The summed E-state index contributed by atoms with van der Waals surface area (Å²) in [5.74, 6) is 0.398. The SMILES string of the molecule is COc1cc2c(cc1OC)C(C)N(CC1(Cc3ccccc3)C(=O)N(C)C(=O)N(C)C1=O)CC2. The second-order valence-electron chi connectivity index (χ2n) is 9.06. The highest BCUT2D eigenvalue weighted by molar-refractivity contribution is 6.19. The average Bonchev–Trinajstić information content (AvgIpc) is 2.86. The molecular formula is C26H31N3O5. The van der Waals surface area contributed by atoms with E-state index in [1.165, 1.54) is 14.1 Å². The molecule has 4 amide bonds. The summed E-state index contributed by atoms with van der Waals surface area (Å²) in [7, 11) is 6.11. The van der Waals surface area contributed by atoms with Gasteiger partial charge in [0.05, 0.1) is 14.2 Å². The number of amides is 4. The minimum atomic E-state index is -1.40. The normalized spacial score (nSPS) is 20.4. The molecule has 2 aliphatic rings. The Bertz CT molecular complexity index is 1090. The summed E-state index contributed by atoms with van der Waals surface area (Å²) in [6, 6.07) is 12.8. The van der Waals surface area contributed by atoms with Gasteiger partial charge in [-0.25, -0.2) is 4.79 Å². The van der Waals surface area contributed by atoms with Crippen LogP contribution in [0.25, 0.3) is 0 Å². The summed E-state index contributed by atoms with van der Waals surface area (Å²) in [5, 5.41) is 0. The van der Waals surface area contributed by atoms with Gasteiger partial charge >= 0.3 is 6.03 Å². The van der Waals surface area contributed by atoms with Gasteiger partial charge in [0.2, 0.25) is 11.8 Å². The van der Waals surface area contributed by atoms with Crippen LogP contribution >= 0.6 is 0 Å². The summed E-state index contributed by atoms with van der Waals surface area (Å²) in [6.45, 7) is 2.94. The predicted octanol–water partition coefficient (Wildman–Crippen LogP) is 2.90. The van der Waals surface area contributed by atoms with Crippen LogP contribution in [0.4, 0.5) is 4.79 Å². The van der Waals surface area contributed by atoms with E-state index < -0.39 is 23.3 Å². The molecule has 2 heterocycles. The van der Waals surface area contributed by atoms with Crippen LogP contribution in [0.2, 0.25) is 0 Å². The molecule has 0 saturated carbocycles. The number of carbonyl (C=O) groups is 3. The van der Waals surface area contributed by atoms with Crippen molar-refractivity contribution >= 4 is 17.8 Å². The number of fused-ring (bicyclic) bond motifs is 1. The maximum absolute atomic E-state index is 13.6. The van der Waals surface area contributed by atoms with Crippen molar-refractivity contribution in [1.29, 1.82) is 0 Å². The lowest BCUT2D eigenvalue weighted by Crippen LogP contribution is -2.67. The highest BCUT2D eigenvalue weighted by atomic mass is 16.5. The molecule has 1 unspecified atom stereocenters. The van der Waals surface area contributed by atoms with E-state index in [4.69, 9.17) is 9.47 Å². The number of nitrogens with zero attached hydrogens (tertiary/aromatic N) is 3. The Hall–Kier alpha value is -3.39. The van der Waals surface area contributed by atoms with Crippen molar-refractivity contribution in [3.63, 3.8) is 0 Å². The van der Waals surface area contributed by atoms with Crippen molar-refractivity contribution in [2.75, 3.05) is 41.4 Å². The first-order chi connectivity index (χ1) is 16.2. The zero-order chi connectivity index (χ0) is 24.6. The maximum Gasteiger partial charge on any atom is 0.332 e. The van der Waals surface area contributed by atoms with Crippen LogP contribution in [0.15, 0.2) is 42.5 Å². The number of carbonyl (C=O) groups excluding carboxylic acids is 3. The Kier molecular flexibility index (Phi) is 6.36. The summed E-state index contributed by atoms with van der Waals surface area (Å²) >= 11 is 0. The monoisotopic (exact) mass is 465 g/mol. The zero-order valence-corrected chi connectivity index (χ0v) is 20.3. The average molecular weight is 466 g/mol. The smallest absolute Gasteiger partial charge is 0.332 e. The van der Waals surface area contributed by atoms with Crippen molar-refractivity contribution in [2.45, 2.75) is 25.8 Å². The Morgan fingerprint density at radius 3 is 2.12 bits per heavy atom. The number of urea groups is 1. The van der Waals surface area contributed by atoms with Gasteiger partial charge in [-0.2, -0.15) is 0 Å². The number of hydrogen-bond acceptors (Lipinski definition) is 6. The molecule has 8 heteroatoms. The van der Waals surface area contributed by atoms with Gasteiger partial charge in [0, 0.05) is 33.2 Å². The fourth-order valence-corrected chi connectivity index (χ4v) is 5.18. The minimum absolute atomic E-state index is 0.0648. The summed E-state index contributed by atoms with van der Waals surface area (Å²) in [5.41, 5.74) is 1.70. The number of methoxy groups -OCH3 is 2. The van der Waals surface area contributed by atoms with Gasteiger partial charge in [-0.1, -0.05) is 30.3 Å². The first-order valence-corrected chi connectivity index (χ1v) is 11.4. The van der Waals surface area contributed by atoms with Crippen molar-refractivity contribution in [3.05, 3.63) is 59.2 Å². The molecule has 0 aliphatic carbocycles.